The predicted molar refractivity (Wildman–Crippen MR) is 78.3 cm³/mol. The molecule has 0 atom stereocenters. The van der Waals surface area contributed by atoms with Crippen LogP contribution < -0.4 is 10.6 Å². The Morgan fingerprint density at radius 3 is 2.72 bits per heavy atom. The summed E-state index contributed by atoms with van der Waals surface area (Å²) in [6.45, 7) is 6.41. The lowest BCUT2D eigenvalue weighted by atomic mass is 10.2. The zero-order chi connectivity index (χ0) is 13.4. The van der Waals surface area contributed by atoms with Gasteiger partial charge in [-0.15, -0.1) is 0 Å². The third-order valence-electron chi connectivity index (χ3n) is 2.51. The molecule has 18 heavy (non-hydrogen) atoms. The molecule has 0 bridgehead atoms. The zero-order valence-corrected chi connectivity index (χ0v) is 12.6. The van der Waals surface area contributed by atoms with Gasteiger partial charge in [-0.05, 0) is 17.5 Å². The Morgan fingerprint density at radius 2 is 2.06 bits per heavy atom. The SMILES string of the molecule is CC(C)CNC(=O)CCNCc1ccccc1Br. The van der Waals surface area contributed by atoms with Gasteiger partial charge in [0.05, 0.1) is 0 Å². The van der Waals surface area contributed by atoms with Crippen molar-refractivity contribution in [3.05, 3.63) is 34.3 Å². The van der Waals surface area contributed by atoms with Gasteiger partial charge in [0.25, 0.3) is 0 Å². The smallest absolute Gasteiger partial charge is 0.221 e. The number of hydrogen-bond donors (Lipinski definition) is 2. The zero-order valence-electron chi connectivity index (χ0n) is 11.0. The van der Waals surface area contributed by atoms with E-state index in [1.165, 1.54) is 5.56 Å². The normalized spacial score (nSPS) is 10.7. The fraction of sp³-hybridized carbons (Fsp3) is 0.500. The van der Waals surface area contributed by atoms with E-state index in [0.29, 0.717) is 18.9 Å². The highest BCUT2D eigenvalue weighted by atomic mass is 79.9. The standard InChI is InChI=1S/C14H21BrN2O/c1-11(2)9-17-14(18)7-8-16-10-12-5-3-4-6-13(12)15/h3-6,11,16H,7-10H2,1-2H3,(H,17,18). The number of benzene rings is 1. The van der Waals surface area contributed by atoms with E-state index in [0.717, 1.165) is 17.6 Å². The van der Waals surface area contributed by atoms with Gasteiger partial charge in [0.1, 0.15) is 0 Å². The minimum Gasteiger partial charge on any atom is -0.356 e. The number of carbonyl (C=O) groups excluding carboxylic acids is 1. The van der Waals surface area contributed by atoms with Crippen molar-refractivity contribution in [1.82, 2.24) is 10.6 Å². The number of nitrogens with one attached hydrogen (secondary N) is 2. The Morgan fingerprint density at radius 1 is 1.33 bits per heavy atom. The summed E-state index contributed by atoms with van der Waals surface area (Å²) in [5, 5.41) is 6.17. The number of halogens is 1. The van der Waals surface area contributed by atoms with E-state index < -0.39 is 0 Å². The second-order valence-corrected chi connectivity index (χ2v) is 5.57. The van der Waals surface area contributed by atoms with Crippen LogP contribution in [0.15, 0.2) is 28.7 Å². The largest absolute Gasteiger partial charge is 0.356 e. The summed E-state index contributed by atoms with van der Waals surface area (Å²) in [4.78, 5) is 11.5. The minimum atomic E-state index is 0.114. The summed E-state index contributed by atoms with van der Waals surface area (Å²) >= 11 is 3.50. The Kier molecular flexibility index (Phi) is 6.98. The van der Waals surface area contributed by atoms with E-state index >= 15 is 0 Å². The Bertz CT molecular complexity index is 380. The van der Waals surface area contributed by atoms with Crippen LogP contribution in [0.25, 0.3) is 0 Å². The molecule has 0 radical (unpaired) electrons. The Balaban J connectivity index is 2.15. The van der Waals surface area contributed by atoms with E-state index in [9.17, 15) is 4.79 Å². The molecular formula is C14H21BrN2O. The summed E-state index contributed by atoms with van der Waals surface area (Å²) in [5.74, 6) is 0.616. The first-order valence-electron chi connectivity index (χ1n) is 6.30. The van der Waals surface area contributed by atoms with Gasteiger partial charge in [-0.2, -0.15) is 0 Å². The number of rotatable bonds is 7. The fourth-order valence-corrected chi connectivity index (χ4v) is 1.90. The van der Waals surface area contributed by atoms with E-state index in [1.807, 2.05) is 18.2 Å². The van der Waals surface area contributed by atoms with Crippen LogP contribution in [-0.2, 0) is 11.3 Å². The molecule has 1 rings (SSSR count). The van der Waals surface area contributed by atoms with Crippen LogP contribution in [0.1, 0.15) is 25.8 Å². The van der Waals surface area contributed by atoms with Gasteiger partial charge < -0.3 is 10.6 Å². The second kappa shape index (κ2) is 8.27. The topological polar surface area (TPSA) is 41.1 Å². The maximum absolute atomic E-state index is 11.5. The first-order chi connectivity index (χ1) is 8.59. The van der Waals surface area contributed by atoms with Crippen molar-refractivity contribution < 1.29 is 4.79 Å². The molecular weight excluding hydrogens is 292 g/mol. The third-order valence-corrected chi connectivity index (χ3v) is 3.28. The maximum Gasteiger partial charge on any atom is 0.221 e. The van der Waals surface area contributed by atoms with Crippen molar-refractivity contribution in [2.24, 2.45) is 5.92 Å². The van der Waals surface area contributed by atoms with Crippen molar-refractivity contribution in [3.63, 3.8) is 0 Å². The molecule has 0 aliphatic heterocycles. The molecule has 0 aliphatic carbocycles. The summed E-state index contributed by atoms with van der Waals surface area (Å²) in [6, 6.07) is 8.09. The highest BCUT2D eigenvalue weighted by molar-refractivity contribution is 9.10. The molecule has 100 valence electrons. The fourth-order valence-electron chi connectivity index (χ4n) is 1.47. The van der Waals surface area contributed by atoms with Gasteiger partial charge in [0.2, 0.25) is 5.91 Å². The maximum atomic E-state index is 11.5. The van der Waals surface area contributed by atoms with Crippen molar-refractivity contribution in [1.29, 1.82) is 0 Å². The first-order valence-corrected chi connectivity index (χ1v) is 7.09. The third kappa shape index (κ3) is 6.17. The molecule has 0 aromatic heterocycles. The first kappa shape index (κ1) is 15.2. The highest BCUT2D eigenvalue weighted by Crippen LogP contribution is 2.15. The molecule has 1 aromatic carbocycles. The van der Waals surface area contributed by atoms with E-state index in [2.05, 4.69) is 46.5 Å². The van der Waals surface area contributed by atoms with Gasteiger partial charge >= 0.3 is 0 Å². The highest BCUT2D eigenvalue weighted by Gasteiger charge is 2.02. The summed E-state index contributed by atoms with van der Waals surface area (Å²) < 4.78 is 1.10. The van der Waals surface area contributed by atoms with Crippen LogP contribution >= 0.6 is 15.9 Å². The molecule has 0 spiro atoms. The van der Waals surface area contributed by atoms with Crippen molar-refractivity contribution in [3.8, 4) is 0 Å². The molecule has 3 nitrogen and oxygen atoms in total. The van der Waals surface area contributed by atoms with Gasteiger partial charge in [-0.1, -0.05) is 48.0 Å². The molecule has 0 heterocycles. The van der Waals surface area contributed by atoms with Gasteiger partial charge in [0, 0.05) is 30.5 Å². The van der Waals surface area contributed by atoms with Crippen LogP contribution in [0, 0.1) is 5.92 Å². The van der Waals surface area contributed by atoms with Crippen LogP contribution in [0.4, 0.5) is 0 Å². The molecule has 2 N–H and O–H groups in total. The van der Waals surface area contributed by atoms with Gasteiger partial charge in [-0.3, -0.25) is 4.79 Å². The van der Waals surface area contributed by atoms with E-state index in [1.54, 1.807) is 0 Å². The van der Waals surface area contributed by atoms with Crippen LogP contribution in [0.5, 0.6) is 0 Å². The number of carbonyl (C=O) groups is 1. The van der Waals surface area contributed by atoms with Gasteiger partial charge in [-0.25, -0.2) is 0 Å². The lowest BCUT2D eigenvalue weighted by Crippen LogP contribution is -2.30. The summed E-state index contributed by atoms with van der Waals surface area (Å²) in [7, 11) is 0. The quantitative estimate of drug-likeness (QED) is 0.760. The van der Waals surface area contributed by atoms with Crippen molar-refractivity contribution >= 4 is 21.8 Å². The number of amides is 1. The molecule has 4 heteroatoms. The molecule has 1 amide bonds. The molecule has 0 unspecified atom stereocenters. The van der Waals surface area contributed by atoms with Crippen LogP contribution in [0.3, 0.4) is 0 Å². The average molecular weight is 313 g/mol. The molecule has 0 fully saturated rings. The van der Waals surface area contributed by atoms with Crippen molar-refractivity contribution in [2.45, 2.75) is 26.8 Å². The molecule has 0 aliphatic rings. The lowest BCUT2D eigenvalue weighted by molar-refractivity contribution is -0.121. The monoisotopic (exact) mass is 312 g/mol. The Labute approximate surface area is 117 Å². The molecule has 0 saturated carbocycles. The minimum absolute atomic E-state index is 0.114. The molecule has 1 aromatic rings. The predicted octanol–water partition coefficient (Wildman–Crippen LogP) is 2.70. The summed E-state index contributed by atoms with van der Waals surface area (Å²) in [6.07, 6.45) is 0.525. The van der Waals surface area contributed by atoms with Crippen molar-refractivity contribution in [2.75, 3.05) is 13.1 Å². The average Bonchev–Trinajstić information content (AvgIpc) is 2.34. The second-order valence-electron chi connectivity index (χ2n) is 4.72. The summed E-state index contributed by atoms with van der Waals surface area (Å²) in [5.41, 5.74) is 1.21. The van der Waals surface area contributed by atoms with Gasteiger partial charge in [0.15, 0.2) is 0 Å². The van der Waals surface area contributed by atoms with Crippen LogP contribution in [0.2, 0.25) is 0 Å². The Hall–Kier alpha value is -0.870. The lowest BCUT2D eigenvalue weighted by Gasteiger charge is -2.09. The number of hydrogen-bond acceptors (Lipinski definition) is 2. The van der Waals surface area contributed by atoms with E-state index in [-0.39, 0.29) is 5.91 Å². The van der Waals surface area contributed by atoms with Crippen LogP contribution in [-0.4, -0.2) is 19.0 Å². The molecule has 0 saturated heterocycles. The van der Waals surface area contributed by atoms with E-state index in [4.69, 9.17) is 0 Å².